The van der Waals surface area contributed by atoms with Crippen molar-refractivity contribution in [3.63, 3.8) is 0 Å². The molecule has 164 valence electrons. The van der Waals surface area contributed by atoms with E-state index < -0.39 is 5.97 Å². The average Bonchev–Trinajstić information content (AvgIpc) is 3.31. The van der Waals surface area contributed by atoms with Crippen LogP contribution in [-0.4, -0.2) is 27.8 Å². The number of Topliss-reactive ketones (excluding diaryl/α,β-unsaturated/α-hetero) is 1. The molecule has 3 aromatic carbocycles. The summed E-state index contributed by atoms with van der Waals surface area (Å²) in [6.07, 6.45) is 0.275. The van der Waals surface area contributed by atoms with Gasteiger partial charge in [0.25, 0.3) is 0 Å². The van der Waals surface area contributed by atoms with Crippen LogP contribution < -0.4 is 0 Å². The van der Waals surface area contributed by atoms with Crippen LogP contribution in [0.3, 0.4) is 0 Å². The fourth-order valence-corrected chi connectivity index (χ4v) is 4.72. The second-order valence-electron chi connectivity index (χ2n) is 8.23. The summed E-state index contributed by atoms with van der Waals surface area (Å²) in [5, 5.41) is 5.64. The summed E-state index contributed by atoms with van der Waals surface area (Å²) in [7, 11) is 0. The maximum Gasteiger partial charge on any atom is 0.331 e. The van der Waals surface area contributed by atoms with Crippen molar-refractivity contribution >= 4 is 45.1 Å². The zero-order valence-corrected chi connectivity index (χ0v) is 18.6. The highest BCUT2D eigenvalue weighted by Gasteiger charge is 2.31. The molecule has 4 aromatic rings. The number of oxime groups is 1. The Bertz CT molecular complexity index is 1520. The van der Waals surface area contributed by atoms with Gasteiger partial charge >= 0.3 is 5.97 Å². The van der Waals surface area contributed by atoms with Crippen LogP contribution in [-0.2, 0) is 22.6 Å². The van der Waals surface area contributed by atoms with Crippen molar-refractivity contribution in [2.45, 2.75) is 33.7 Å². The minimum absolute atomic E-state index is 0.0341. The highest BCUT2D eigenvalue weighted by Crippen LogP contribution is 2.37. The van der Waals surface area contributed by atoms with E-state index in [1.807, 2.05) is 55.5 Å². The molecule has 0 atom stereocenters. The third-order valence-electron chi connectivity index (χ3n) is 6.24. The Labute approximate surface area is 190 Å². The van der Waals surface area contributed by atoms with Crippen LogP contribution >= 0.6 is 0 Å². The van der Waals surface area contributed by atoms with E-state index in [0.29, 0.717) is 16.7 Å². The molecule has 0 saturated carbocycles. The van der Waals surface area contributed by atoms with Crippen molar-refractivity contribution in [2.75, 3.05) is 0 Å². The normalized spacial score (nSPS) is 14.3. The largest absolute Gasteiger partial charge is 0.341 e. The molecule has 0 saturated heterocycles. The highest BCUT2D eigenvalue weighted by molar-refractivity contribution is 6.50. The molecule has 0 spiro atoms. The fraction of sp³-hybridized carbons (Fsp3) is 0.185. The van der Waals surface area contributed by atoms with Gasteiger partial charge in [-0.15, -0.1) is 0 Å². The lowest BCUT2D eigenvalue weighted by Gasteiger charge is -2.06. The van der Waals surface area contributed by atoms with Crippen LogP contribution in [0, 0.1) is 6.92 Å². The number of aryl methyl sites for hydroxylation is 2. The number of rotatable bonds is 4. The van der Waals surface area contributed by atoms with E-state index in [2.05, 4.69) is 16.6 Å². The first kappa shape index (κ1) is 20.8. The summed E-state index contributed by atoms with van der Waals surface area (Å²) < 4.78 is 2.18. The molecule has 6 nitrogen and oxygen atoms in total. The molecule has 1 aliphatic carbocycles. The SMILES string of the molecule is CCn1c2ccc(C(=O)c3ccccc3C)cc2c2c3c(ccc21)C(=O)/C(=N\OC(C)=O)C3. The predicted molar refractivity (Wildman–Crippen MR) is 127 cm³/mol. The first-order valence-electron chi connectivity index (χ1n) is 10.9. The van der Waals surface area contributed by atoms with Gasteiger partial charge in [0.15, 0.2) is 5.78 Å². The molecule has 0 bridgehead atoms. The van der Waals surface area contributed by atoms with Gasteiger partial charge in [-0.2, -0.15) is 0 Å². The Morgan fingerprint density at radius 3 is 2.55 bits per heavy atom. The maximum atomic E-state index is 13.3. The van der Waals surface area contributed by atoms with E-state index in [9.17, 15) is 14.4 Å². The summed E-state index contributed by atoms with van der Waals surface area (Å²) >= 11 is 0. The Hall–Kier alpha value is -4.06. The minimum Gasteiger partial charge on any atom is -0.341 e. The monoisotopic (exact) mass is 438 g/mol. The van der Waals surface area contributed by atoms with Gasteiger partial charge in [-0.25, -0.2) is 4.79 Å². The van der Waals surface area contributed by atoms with Crippen LogP contribution in [0.4, 0.5) is 0 Å². The smallest absolute Gasteiger partial charge is 0.331 e. The van der Waals surface area contributed by atoms with Crippen molar-refractivity contribution in [3.8, 4) is 0 Å². The molecule has 0 N–H and O–H groups in total. The Morgan fingerprint density at radius 1 is 1.06 bits per heavy atom. The molecule has 0 amide bonds. The van der Waals surface area contributed by atoms with Gasteiger partial charge in [-0.1, -0.05) is 29.4 Å². The van der Waals surface area contributed by atoms with Crippen molar-refractivity contribution in [3.05, 3.63) is 82.4 Å². The molecular formula is C27H22N2O4. The van der Waals surface area contributed by atoms with E-state index in [0.717, 1.165) is 39.5 Å². The van der Waals surface area contributed by atoms with Crippen LogP contribution in [0.25, 0.3) is 21.8 Å². The van der Waals surface area contributed by atoms with Crippen LogP contribution in [0.5, 0.6) is 0 Å². The Balaban J connectivity index is 1.73. The van der Waals surface area contributed by atoms with Crippen molar-refractivity contribution in [2.24, 2.45) is 5.16 Å². The van der Waals surface area contributed by atoms with Gasteiger partial charge in [0.1, 0.15) is 5.71 Å². The van der Waals surface area contributed by atoms with E-state index in [4.69, 9.17) is 4.84 Å². The molecule has 0 fully saturated rings. The van der Waals surface area contributed by atoms with E-state index in [1.165, 1.54) is 6.92 Å². The zero-order chi connectivity index (χ0) is 23.3. The van der Waals surface area contributed by atoms with Crippen molar-refractivity contribution < 1.29 is 19.2 Å². The fourth-order valence-electron chi connectivity index (χ4n) is 4.72. The van der Waals surface area contributed by atoms with Gasteiger partial charge < -0.3 is 9.40 Å². The molecular weight excluding hydrogens is 416 g/mol. The zero-order valence-electron chi connectivity index (χ0n) is 18.6. The molecule has 5 rings (SSSR count). The molecule has 6 heteroatoms. The number of fused-ring (bicyclic) bond motifs is 5. The number of carbonyl (C=O) groups is 3. The quantitative estimate of drug-likeness (QED) is 0.255. The average molecular weight is 438 g/mol. The topological polar surface area (TPSA) is 77.7 Å². The predicted octanol–water partition coefficient (Wildman–Crippen LogP) is 5.01. The number of benzene rings is 3. The second-order valence-corrected chi connectivity index (χ2v) is 8.23. The lowest BCUT2D eigenvalue weighted by Crippen LogP contribution is -2.09. The number of aromatic nitrogens is 1. The van der Waals surface area contributed by atoms with Gasteiger partial charge in [-0.3, -0.25) is 9.59 Å². The summed E-state index contributed by atoms with van der Waals surface area (Å²) in [6, 6.07) is 17.0. The number of ketones is 2. The molecule has 0 aliphatic heterocycles. The molecule has 1 heterocycles. The Morgan fingerprint density at radius 2 is 1.82 bits per heavy atom. The Kier molecular flexibility index (Phi) is 4.93. The van der Waals surface area contributed by atoms with Crippen molar-refractivity contribution in [1.82, 2.24) is 4.57 Å². The summed E-state index contributed by atoms with van der Waals surface area (Å²) in [5.74, 6) is -0.843. The lowest BCUT2D eigenvalue weighted by atomic mass is 9.96. The third kappa shape index (κ3) is 3.26. The second kappa shape index (κ2) is 7.81. The molecule has 0 radical (unpaired) electrons. The van der Waals surface area contributed by atoms with Crippen molar-refractivity contribution in [1.29, 1.82) is 0 Å². The number of hydrogen-bond acceptors (Lipinski definition) is 5. The first-order chi connectivity index (χ1) is 15.9. The standard InChI is InChI=1S/C27H22N2O4/c1-4-29-23-11-9-17(26(31)18-8-6-5-7-15(18)2)13-21(23)25-20-14-22(28-33-16(3)30)27(32)19(20)10-12-24(25)29/h5-13H,4,14H2,1-3H3/b28-22-. The summed E-state index contributed by atoms with van der Waals surface area (Å²) in [4.78, 5) is 42.1. The van der Waals surface area contributed by atoms with Crippen LogP contribution in [0.2, 0.25) is 0 Å². The van der Waals surface area contributed by atoms with Crippen LogP contribution in [0.1, 0.15) is 51.3 Å². The minimum atomic E-state index is -0.571. The molecule has 0 unspecified atom stereocenters. The third-order valence-corrected chi connectivity index (χ3v) is 6.24. The first-order valence-corrected chi connectivity index (χ1v) is 10.9. The van der Waals surface area contributed by atoms with Gasteiger partial charge in [0.2, 0.25) is 5.78 Å². The number of carbonyl (C=O) groups excluding carboxylic acids is 3. The maximum absolute atomic E-state index is 13.3. The summed E-state index contributed by atoms with van der Waals surface area (Å²) in [6.45, 7) is 5.98. The van der Waals surface area contributed by atoms with E-state index in [-0.39, 0.29) is 23.7 Å². The molecule has 33 heavy (non-hydrogen) atoms. The summed E-state index contributed by atoms with van der Waals surface area (Å²) in [5.41, 5.74) is 5.80. The number of hydrogen-bond donors (Lipinski definition) is 0. The molecule has 1 aliphatic rings. The van der Waals surface area contributed by atoms with E-state index >= 15 is 0 Å². The van der Waals surface area contributed by atoms with E-state index in [1.54, 1.807) is 6.07 Å². The number of nitrogens with zero attached hydrogens (tertiary/aromatic N) is 2. The van der Waals surface area contributed by atoms with Crippen LogP contribution in [0.15, 0.2) is 59.8 Å². The molecule has 1 aromatic heterocycles. The van der Waals surface area contributed by atoms with Gasteiger partial charge in [0, 0.05) is 58.4 Å². The lowest BCUT2D eigenvalue weighted by molar-refractivity contribution is -0.140. The highest BCUT2D eigenvalue weighted by atomic mass is 16.7. The van der Waals surface area contributed by atoms with Gasteiger partial charge in [0.05, 0.1) is 0 Å². The van der Waals surface area contributed by atoms with Gasteiger partial charge in [-0.05, 0) is 55.3 Å².